The number of likely N-dealkylation sites (tertiary alicyclic amines) is 1. The Hall–Kier alpha value is -2.20. The fourth-order valence-electron chi connectivity index (χ4n) is 5.09. The van der Waals surface area contributed by atoms with Crippen LogP contribution < -0.4 is 10.6 Å². The van der Waals surface area contributed by atoms with Crippen LogP contribution in [0.3, 0.4) is 0 Å². The Balaban J connectivity index is 1.99. The van der Waals surface area contributed by atoms with Crippen molar-refractivity contribution in [2.24, 2.45) is 5.41 Å². The zero-order chi connectivity index (χ0) is 26.8. The van der Waals surface area contributed by atoms with Crippen LogP contribution in [0.25, 0.3) is 0 Å². The Morgan fingerprint density at radius 3 is 2.47 bits per heavy atom. The number of aryl methyl sites for hydroxylation is 2. The van der Waals surface area contributed by atoms with Crippen LogP contribution in [0.2, 0.25) is 0 Å². The second kappa shape index (κ2) is 10.7. The van der Waals surface area contributed by atoms with Crippen LogP contribution in [0.4, 0.5) is 22.4 Å². The molecule has 0 radical (unpaired) electrons. The van der Waals surface area contributed by atoms with Gasteiger partial charge in [0, 0.05) is 40.8 Å². The SMILES string of the molecule is CCCNC(=O)NC(C)(C(F)(F)F)C1(CCc2ccc(F)s2)CCN(C(C)(C)c2ccc(C)nc2)C1. The number of carbonyl (C=O) groups is 1. The van der Waals surface area contributed by atoms with Crippen LogP contribution in [0, 0.1) is 17.5 Å². The van der Waals surface area contributed by atoms with Gasteiger partial charge in [0.05, 0.1) is 0 Å². The number of amides is 2. The number of nitrogens with one attached hydrogen (secondary N) is 2. The Bertz CT molecular complexity index is 1040. The number of nitrogens with zero attached hydrogens (tertiary/aromatic N) is 2. The number of alkyl halides is 3. The van der Waals surface area contributed by atoms with Crippen molar-refractivity contribution in [3.05, 3.63) is 51.7 Å². The third-order valence-corrected chi connectivity index (χ3v) is 8.70. The molecule has 1 aliphatic heterocycles. The van der Waals surface area contributed by atoms with Gasteiger partial charge in [-0.05, 0) is 83.7 Å². The van der Waals surface area contributed by atoms with Crippen molar-refractivity contribution in [1.29, 1.82) is 0 Å². The summed E-state index contributed by atoms with van der Waals surface area (Å²) in [5, 5.41) is 4.49. The fraction of sp³-hybridized carbons (Fsp3) is 0.615. The minimum Gasteiger partial charge on any atom is -0.338 e. The van der Waals surface area contributed by atoms with E-state index in [4.69, 9.17) is 0 Å². The quantitative estimate of drug-likeness (QED) is 0.382. The molecule has 2 aromatic heterocycles. The standard InChI is InChI=1S/C26H36F4N4OS/c1-6-14-31-22(35)33-24(5,26(28,29)30)25(12-11-20-9-10-21(27)36-20)13-15-34(17-25)23(3,4)19-8-7-18(2)32-16-19/h7-10,16H,6,11-15,17H2,1-5H3,(H2,31,33,35). The first-order chi connectivity index (χ1) is 16.7. The zero-order valence-electron chi connectivity index (χ0n) is 21.6. The van der Waals surface area contributed by atoms with Gasteiger partial charge in [-0.2, -0.15) is 17.6 Å². The molecule has 3 heterocycles. The average molecular weight is 529 g/mol. The average Bonchev–Trinajstić information content (AvgIpc) is 3.43. The third-order valence-electron chi connectivity index (χ3n) is 7.77. The number of carbonyl (C=O) groups excluding carboxylic acids is 1. The summed E-state index contributed by atoms with van der Waals surface area (Å²) in [5.74, 6) is 0. The van der Waals surface area contributed by atoms with Crippen LogP contribution >= 0.6 is 11.3 Å². The maximum atomic E-state index is 14.9. The molecule has 1 aliphatic rings. The van der Waals surface area contributed by atoms with Crippen LogP contribution in [-0.4, -0.2) is 47.3 Å². The topological polar surface area (TPSA) is 57.3 Å². The Morgan fingerprint density at radius 1 is 1.19 bits per heavy atom. The molecule has 2 amide bonds. The largest absolute Gasteiger partial charge is 0.411 e. The molecule has 1 fully saturated rings. The Kier molecular flexibility index (Phi) is 8.40. The normalized spacial score (nSPS) is 20.8. The fourth-order valence-corrected chi connectivity index (χ4v) is 5.81. The van der Waals surface area contributed by atoms with Gasteiger partial charge >= 0.3 is 12.2 Å². The summed E-state index contributed by atoms with van der Waals surface area (Å²) < 4.78 is 58.3. The highest BCUT2D eigenvalue weighted by Crippen LogP contribution is 2.53. The van der Waals surface area contributed by atoms with Crippen LogP contribution in [0.5, 0.6) is 0 Å². The molecule has 0 aliphatic carbocycles. The lowest BCUT2D eigenvalue weighted by atomic mass is 9.66. The molecule has 36 heavy (non-hydrogen) atoms. The molecule has 200 valence electrons. The first-order valence-corrected chi connectivity index (χ1v) is 13.1. The number of hydrogen-bond donors (Lipinski definition) is 2. The van der Waals surface area contributed by atoms with E-state index in [1.807, 2.05) is 44.7 Å². The van der Waals surface area contributed by atoms with Crippen molar-refractivity contribution < 1.29 is 22.4 Å². The second-order valence-electron chi connectivity index (χ2n) is 10.4. The Labute approximate surface area is 214 Å². The van der Waals surface area contributed by atoms with E-state index in [0.717, 1.165) is 29.5 Å². The second-order valence-corrected chi connectivity index (χ2v) is 11.5. The highest BCUT2D eigenvalue weighted by molar-refractivity contribution is 7.10. The summed E-state index contributed by atoms with van der Waals surface area (Å²) in [7, 11) is 0. The number of aromatic nitrogens is 1. The lowest BCUT2D eigenvalue weighted by Gasteiger charge is -2.49. The van der Waals surface area contributed by atoms with E-state index in [1.54, 1.807) is 12.3 Å². The molecule has 2 aromatic rings. The van der Waals surface area contributed by atoms with E-state index >= 15 is 0 Å². The maximum Gasteiger partial charge on any atom is 0.411 e. The van der Waals surface area contributed by atoms with Crippen LogP contribution in [0.15, 0.2) is 30.5 Å². The van der Waals surface area contributed by atoms with Crippen LogP contribution in [-0.2, 0) is 12.0 Å². The molecule has 2 unspecified atom stereocenters. The first kappa shape index (κ1) is 28.4. The lowest BCUT2D eigenvalue weighted by Crippen LogP contribution is -2.68. The van der Waals surface area contributed by atoms with E-state index in [9.17, 15) is 22.4 Å². The van der Waals surface area contributed by atoms with E-state index < -0.39 is 28.7 Å². The molecule has 0 bridgehead atoms. The maximum absolute atomic E-state index is 14.9. The van der Waals surface area contributed by atoms with Crippen molar-refractivity contribution >= 4 is 17.4 Å². The van der Waals surface area contributed by atoms with Crippen molar-refractivity contribution in [3.8, 4) is 0 Å². The predicted molar refractivity (Wildman–Crippen MR) is 135 cm³/mol. The van der Waals surface area contributed by atoms with Crippen LogP contribution in [0.1, 0.15) is 63.1 Å². The minimum absolute atomic E-state index is 0.117. The monoisotopic (exact) mass is 528 g/mol. The number of hydrogen-bond acceptors (Lipinski definition) is 4. The van der Waals surface area contributed by atoms with Gasteiger partial charge in [0.2, 0.25) is 0 Å². The summed E-state index contributed by atoms with van der Waals surface area (Å²) in [6.07, 6.45) is -1.66. The van der Waals surface area contributed by atoms with E-state index in [0.29, 0.717) is 24.3 Å². The molecule has 2 N–H and O–H groups in total. The minimum atomic E-state index is -4.71. The molecule has 10 heteroatoms. The summed E-state index contributed by atoms with van der Waals surface area (Å²) >= 11 is 0.948. The van der Waals surface area contributed by atoms with Gasteiger partial charge in [0.1, 0.15) is 5.54 Å². The number of pyridine rings is 1. The summed E-state index contributed by atoms with van der Waals surface area (Å²) in [6.45, 7) is 9.59. The van der Waals surface area contributed by atoms with E-state index in [1.165, 1.54) is 6.07 Å². The highest BCUT2D eigenvalue weighted by Gasteiger charge is 2.66. The van der Waals surface area contributed by atoms with Gasteiger partial charge in [-0.1, -0.05) is 13.0 Å². The Morgan fingerprint density at radius 2 is 1.92 bits per heavy atom. The smallest absolute Gasteiger partial charge is 0.338 e. The van der Waals surface area contributed by atoms with Gasteiger partial charge in [-0.25, -0.2) is 4.79 Å². The first-order valence-electron chi connectivity index (χ1n) is 12.3. The molecular formula is C26H36F4N4OS. The molecule has 0 aromatic carbocycles. The number of rotatable bonds is 9. The molecule has 0 spiro atoms. The number of halogens is 4. The van der Waals surface area contributed by atoms with Gasteiger partial charge in [0.15, 0.2) is 5.13 Å². The zero-order valence-corrected chi connectivity index (χ0v) is 22.4. The van der Waals surface area contributed by atoms with Gasteiger partial charge in [-0.3, -0.25) is 9.88 Å². The summed E-state index contributed by atoms with van der Waals surface area (Å²) in [5.41, 5.74) is -2.63. The molecule has 5 nitrogen and oxygen atoms in total. The van der Waals surface area contributed by atoms with Gasteiger partial charge in [0.25, 0.3) is 0 Å². The van der Waals surface area contributed by atoms with E-state index in [-0.39, 0.29) is 31.1 Å². The molecular weight excluding hydrogens is 492 g/mol. The third kappa shape index (κ3) is 5.69. The van der Waals surface area contributed by atoms with E-state index in [2.05, 4.69) is 15.6 Å². The van der Waals surface area contributed by atoms with Gasteiger partial charge < -0.3 is 10.6 Å². The molecule has 3 rings (SSSR count). The van der Waals surface area contributed by atoms with Crippen molar-refractivity contribution in [2.45, 2.75) is 77.6 Å². The molecule has 2 atom stereocenters. The van der Waals surface area contributed by atoms with Crippen molar-refractivity contribution in [3.63, 3.8) is 0 Å². The number of urea groups is 1. The molecule has 1 saturated heterocycles. The summed E-state index contributed by atoms with van der Waals surface area (Å²) in [6, 6.07) is 5.97. The predicted octanol–water partition coefficient (Wildman–Crippen LogP) is 6.18. The van der Waals surface area contributed by atoms with Gasteiger partial charge in [-0.15, -0.1) is 11.3 Å². The van der Waals surface area contributed by atoms with Crippen molar-refractivity contribution in [2.75, 3.05) is 19.6 Å². The summed E-state index contributed by atoms with van der Waals surface area (Å²) in [4.78, 5) is 19.7. The molecule has 0 saturated carbocycles. The lowest BCUT2D eigenvalue weighted by molar-refractivity contribution is -0.223. The highest BCUT2D eigenvalue weighted by atomic mass is 32.1. The van der Waals surface area contributed by atoms with Crippen molar-refractivity contribution in [1.82, 2.24) is 20.5 Å². The number of thiophene rings is 1.